The number of nitrogens with two attached hydrogens (primary N) is 1. The van der Waals surface area contributed by atoms with Gasteiger partial charge in [-0.1, -0.05) is 13.8 Å². The Bertz CT molecular complexity index is 821. The molecule has 0 aromatic carbocycles. The van der Waals surface area contributed by atoms with E-state index in [9.17, 15) is 14.0 Å². The molecule has 4 N–H and O–H groups in total. The molecule has 1 aliphatic heterocycles. The number of thiophene rings is 1. The topological polar surface area (TPSA) is 97.1 Å². The number of aromatic nitrogens is 1. The summed E-state index contributed by atoms with van der Waals surface area (Å²) < 4.78 is 14.9. The minimum absolute atomic E-state index is 0.0547. The van der Waals surface area contributed by atoms with Crippen LogP contribution in [0.5, 0.6) is 0 Å². The van der Waals surface area contributed by atoms with Gasteiger partial charge in [-0.15, -0.1) is 0 Å². The second-order valence-electron chi connectivity index (χ2n) is 6.40. The molecule has 2 aromatic heterocycles. The summed E-state index contributed by atoms with van der Waals surface area (Å²) in [4.78, 5) is 28.1. The summed E-state index contributed by atoms with van der Waals surface area (Å²) in [5, 5.41) is 9.16. The van der Waals surface area contributed by atoms with Gasteiger partial charge in [-0.2, -0.15) is 11.3 Å². The van der Waals surface area contributed by atoms with Crippen molar-refractivity contribution >= 4 is 29.0 Å². The molecule has 1 atom stereocenters. The van der Waals surface area contributed by atoms with Gasteiger partial charge in [-0.3, -0.25) is 9.59 Å². The Balaban J connectivity index is 2.07. The van der Waals surface area contributed by atoms with Crippen molar-refractivity contribution in [2.24, 2.45) is 11.7 Å². The quantitative estimate of drug-likeness (QED) is 0.735. The van der Waals surface area contributed by atoms with Gasteiger partial charge in [0.05, 0.1) is 11.3 Å². The van der Waals surface area contributed by atoms with Gasteiger partial charge in [0.25, 0.3) is 5.91 Å². The first-order valence-electron chi connectivity index (χ1n) is 7.97. The van der Waals surface area contributed by atoms with Crippen LogP contribution in [-0.2, 0) is 11.3 Å². The molecule has 25 heavy (non-hydrogen) atoms. The highest BCUT2D eigenvalue weighted by Crippen LogP contribution is 2.33. The van der Waals surface area contributed by atoms with Crippen molar-refractivity contribution in [2.75, 3.05) is 5.32 Å². The predicted octanol–water partition coefficient (Wildman–Crippen LogP) is 2.50. The molecule has 0 bridgehead atoms. The normalized spacial score (nSPS) is 14.3. The van der Waals surface area contributed by atoms with E-state index >= 15 is 0 Å². The van der Waals surface area contributed by atoms with Gasteiger partial charge in [0, 0.05) is 23.1 Å². The van der Waals surface area contributed by atoms with Crippen molar-refractivity contribution in [3.05, 3.63) is 33.8 Å². The van der Waals surface area contributed by atoms with Gasteiger partial charge >= 0.3 is 0 Å². The standard InChI is InChI=1S/C17H19FN4O2S/c1-8(2)5-11(15(19)23)21-16-13(18)10-6-20-17(24)12(10)14(22-16)9-3-4-25-7-9/h3-4,7-8,11H,5-6H2,1-2H3,(H2,19,23)(H,20,24)(H,21,22)/t11-/m1/s1. The minimum Gasteiger partial charge on any atom is -0.368 e. The first-order chi connectivity index (χ1) is 11.9. The summed E-state index contributed by atoms with van der Waals surface area (Å²) in [5.74, 6) is -1.39. The Kier molecular flexibility index (Phi) is 4.71. The van der Waals surface area contributed by atoms with Crippen molar-refractivity contribution in [3.63, 3.8) is 0 Å². The largest absolute Gasteiger partial charge is 0.368 e. The van der Waals surface area contributed by atoms with Crippen LogP contribution in [0.25, 0.3) is 11.3 Å². The maximum Gasteiger partial charge on any atom is 0.254 e. The lowest BCUT2D eigenvalue weighted by atomic mass is 10.0. The molecule has 6 nitrogen and oxygen atoms in total. The Morgan fingerprint density at radius 1 is 1.52 bits per heavy atom. The van der Waals surface area contributed by atoms with Crippen LogP contribution in [0, 0.1) is 11.7 Å². The number of carbonyl (C=O) groups excluding carboxylic acids is 2. The summed E-state index contributed by atoms with van der Waals surface area (Å²) in [6.07, 6.45) is 0.457. The molecule has 2 amide bonds. The SMILES string of the molecule is CC(C)C[C@@H](Nc1nc(-c2ccsc2)c2c(c1F)CNC2=O)C(N)=O. The van der Waals surface area contributed by atoms with Crippen LogP contribution in [0.1, 0.15) is 36.2 Å². The molecule has 0 saturated carbocycles. The number of pyridine rings is 1. The van der Waals surface area contributed by atoms with Crippen LogP contribution in [0.4, 0.5) is 10.2 Å². The van der Waals surface area contributed by atoms with E-state index < -0.39 is 17.8 Å². The Morgan fingerprint density at radius 2 is 2.28 bits per heavy atom. The zero-order valence-corrected chi connectivity index (χ0v) is 14.7. The molecule has 1 aliphatic rings. The van der Waals surface area contributed by atoms with Crippen molar-refractivity contribution < 1.29 is 14.0 Å². The fourth-order valence-corrected chi connectivity index (χ4v) is 3.51. The summed E-state index contributed by atoms with van der Waals surface area (Å²) in [6.45, 7) is 3.99. The molecule has 0 spiro atoms. The number of rotatable bonds is 6. The molecule has 3 rings (SSSR count). The Morgan fingerprint density at radius 3 is 2.88 bits per heavy atom. The molecule has 0 aliphatic carbocycles. The van der Waals surface area contributed by atoms with Crippen LogP contribution in [0.15, 0.2) is 16.8 Å². The molecule has 0 saturated heterocycles. The summed E-state index contributed by atoms with van der Waals surface area (Å²) >= 11 is 1.46. The van der Waals surface area contributed by atoms with E-state index in [0.29, 0.717) is 12.1 Å². The fraction of sp³-hybridized carbons (Fsp3) is 0.353. The first-order valence-corrected chi connectivity index (χ1v) is 8.91. The molecule has 0 radical (unpaired) electrons. The monoisotopic (exact) mass is 362 g/mol. The number of hydrogen-bond acceptors (Lipinski definition) is 5. The Labute approximate surface area is 148 Å². The van der Waals surface area contributed by atoms with Gasteiger partial charge < -0.3 is 16.4 Å². The zero-order valence-electron chi connectivity index (χ0n) is 13.9. The van der Waals surface area contributed by atoms with Crippen LogP contribution in [-0.4, -0.2) is 22.8 Å². The lowest BCUT2D eigenvalue weighted by Gasteiger charge is -2.19. The number of fused-ring (bicyclic) bond motifs is 1. The third-order valence-corrected chi connectivity index (χ3v) is 4.73. The van der Waals surface area contributed by atoms with E-state index in [1.807, 2.05) is 30.7 Å². The molecule has 8 heteroatoms. The number of nitrogens with zero attached hydrogens (tertiary/aromatic N) is 1. The lowest BCUT2D eigenvalue weighted by Crippen LogP contribution is -2.37. The highest BCUT2D eigenvalue weighted by Gasteiger charge is 2.31. The van der Waals surface area contributed by atoms with Crippen LogP contribution in [0.3, 0.4) is 0 Å². The second-order valence-corrected chi connectivity index (χ2v) is 7.18. The molecule has 3 heterocycles. The predicted molar refractivity (Wildman–Crippen MR) is 94.7 cm³/mol. The number of hydrogen-bond donors (Lipinski definition) is 3. The van der Waals surface area contributed by atoms with Gasteiger partial charge in [-0.25, -0.2) is 9.37 Å². The minimum atomic E-state index is -0.736. The van der Waals surface area contributed by atoms with E-state index in [0.717, 1.165) is 5.56 Å². The van der Waals surface area contributed by atoms with E-state index in [1.165, 1.54) is 11.3 Å². The lowest BCUT2D eigenvalue weighted by molar-refractivity contribution is -0.119. The molecule has 132 valence electrons. The number of nitrogens with one attached hydrogen (secondary N) is 2. The summed E-state index contributed by atoms with van der Waals surface area (Å²) in [5.41, 5.74) is 7.09. The number of amides is 2. The highest BCUT2D eigenvalue weighted by atomic mass is 32.1. The molecular formula is C17H19FN4O2S. The van der Waals surface area contributed by atoms with E-state index in [-0.39, 0.29) is 35.3 Å². The number of anilines is 1. The molecule has 0 fully saturated rings. The first kappa shape index (κ1) is 17.3. The highest BCUT2D eigenvalue weighted by molar-refractivity contribution is 7.08. The van der Waals surface area contributed by atoms with E-state index in [2.05, 4.69) is 15.6 Å². The van der Waals surface area contributed by atoms with E-state index in [4.69, 9.17) is 5.73 Å². The van der Waals surface area contributed by atoms with Crippen LogP contribution >= 0.6 is 11.3 Å². The van der Waals surface area contributed by atoms with Crippen molar-refractivity contribution in [3.8, 4) is 11.3 Å². The molecule has 0 unspecified atom stereocenters. The molecular weight excluding hydrogens is 343 g/mol. The summed E-state index contributed by atoms with van der Waals surface area (Å²) in [6, 6.07) is 1.08. The smallest absolute Gasteiger partial charge is 0.254 e. The zero-order chi connectivity index (χ0) is 18.1. The van der Waals surface area contributed by atoms with Gasteiger partial charge in [0.1, 0.15) is 6.04 Å². The van der Waals surface area contributed by atoms with Crippen molar-refractivity contribution in [1.29, 1.82) is 0 Å². The summed E-state index contributed by atoms with van der Waals surface area (Å²) in [7, 11) is 0. The fourth-order valence-electron chi connectivity index (χ4n) is 2.87. The van der Waals surface area contributed by atoms with E-state index in [1.54, 1.807) is 0 Å². The van der Waals surface area contributed by atoms with Crippen LogP contribution in [0.2, 0.25) is 0 Å². The van der Waals surface area contributed by atoms with Gasteiger partial charge in [-0.05, 0) is 23.8 Å². The number of halogens is 1. The Hall–Kier alpha value is -2.48. The average Bonchev–Trinajstić information content (AvgIpc) is 3.19. The maximum atomic E-state index is 14.9. The van der Waals surface area contributed by atoms with Gasteiger partial charge in [0.2, 0.25) is 5.91 Å². The second kappa shape index (κ2) is 6.79. The van der Waals surface area contributed by atoms with Crippen LogP contribution < -0.4 is 16.4 Å². The third kappa shape index (κ3) is 3.34. The van der Waals surface area contributed by atoms with Gasteiger partial charge in [0.15, 0.2) is 11.6 Å². The molecule has 2 aromatic rings. The third-order valence-electron chi connectivity index (χ3n) is 4.04. The average molecular weight is 362 g/mol. The number of primary amides is 1. The number of carbonyl (C=O) groups is 2. The maximum absolute atomic E-state index is 14.9. The van der Waals surface area contributed by atoms with Crippen molar-refractivity contribution in [1.82, 2.24) is 10.3 Å². The van der Waals surface area contributed by atoms with Crippen molar-refractivity contribution in [2.45, 2.75) is 32.9 Å².